The summed E-state index contributed by atoms with van der Waals surface area (Å²) in [6.07, 6.45) is 2.39. The summed E-state index contributed by atoms with van der Waals surface area (Å²) in [5.74, 6) is 0. The van der Waals surface area contributed by atoms with Crippen LogP contribution in [0.4, 0.5) is 0 Å². The lowest BCUT2D eigenvalue weighted by atomic mass is 9.85. The molecule has 3 N–H and O–H groups in total. The van der Waals surface area contributed by atoms with Crippen molar-refractivity contribution in [2.24, 2.45) is 5.73 Å². The summed E-state index contributed by atoms with van der Waals surface area (Å²) in [4.78, 5) is 0. The van der Waals surface area contributed by atoms with Crippen molar-refractivity contribution in [1.82, 2.24) is 5.32 Å². The number of aryl methyl sites for hydroxylation is 1. The molecule has 0 amide bonds. The first-order valence-electron chi connectivity index (χ1n) is 5.30. The quantitative estimate of drug-likeness (QED) is 0.742. The van der Waals surface area contributed by atoms with Crippen LogP contribution in [0, 0.1) is 6.92 Å². The summed E-state index contributed by atoms with van der Waals surface area (Å²) in [5, 5.41) is 3.55. The number of nitrogens with one attached hydrogen (secondary N) is 1. The Labute approximate surface area is 85.5 Å². The fourth-order valence-corrected chi connectivity index (χ4v) is 2.43. The van der Waals surface area contributed by atoms with E-state index in [9.17, 15) is 0 Å². The SMILES string of the molecule is Cc1ccccc1C1(CN)CCCN1. The summed E-state index contributed by atoms with van der Waals surface area (Å²) < 4.78 is 0. The van der Waals surface area contributed by atoms with E-state index in [1.54, 1.807) is 0 Å². The fourth-order valence-electron chi connectivity index (χ4n) is 2.43. The average molecular weight is 190 g/mol. The maximum Gasteiger partial charge on any atom is 0.0561 e. The molecule has 1 unspecified atom stereocenters. The van der Waals surface area contributed by atoms with E-state index in [0.29, 0.717) is 6.54 Å². The maximum atomic E-state index is 5.91. The van der Waals surface area contributed by atoms with Crippen molar-refractivity contribution < 1.29 is 0 Å². The molecular formula is C12H18N2. The van der Waals surface area contributed by atoms with E-state index < -0.39 is 0 Å². The maximum absolute atomic E-state index is 5.91. The van der Waals surface area contributed by atoms with Crippen LogP contribution in [0.1, 0.15) is 24.0 Å². The minimum absolute atomic E-state index is 0.0470. The Kier molecular flexibility index (Phi) is 2.57. The van der Waals surface area contributed by atoms with Crippen molar-refractivity contribution in [3.05, 3.63) is 35.4 Å². The predicted octanol–water partition coefficient (Wildman–Crippen LogP) is 1.53. The van der Waals surface area contributed by atoms with Gasteiger partial charge >= 0.3 is 0 Å². The number of rotatable bonds is 2. The van der Waals surface area contributed by atoms with Gasteiger partial charge in [0.1, 0.15) is 0 Å². The van der Waals surface area contributed by atoms with E-state index in [0.717, 1.165) is 13.0 Å². The van der Waals surface area contributed by atoms with Gasteiger partial charge in [-0.3, -0.25) is 0 Å². The molecule has 1 aromatic rings. The van der Waals surface area contributed by atoms with Crippen molar-refractivity contribution in [1.29, 1.82) is 0 Å². The third-order valence-corrected chi connectivity index (χ3v) is 3.25. The molecule has 0 aliphatic carbocycles. The van der Waals surface area contributed by atoms with Gasteiger partial charge in [-0.2, -0.15) is 0 Å². The van der Waals surface area contributed by atoms with Crippen LogP contribution in [0.25, 0.3) is 0 Å². The minimum atomic E-state index is 0.0470. The molecule has 0 radical (unpaired) electrons. The molecule has 0 aromatic heterocycles. The summed E-state index contributed by atoms with van der Waals surface area (Å²) in [6, 6.07) is 8.53. The summed E-state index contributed by atoms with van der Waals surface area (Å²) >= 11 is 0. The van der Waals surface area contributed by atoms with Gasteiger partial charge in [-0.05, 0) is 37.4 Å². The van der Waals surface area contributed by atoms with Crippen LogP contribution >= 0.6 is 0 Å². The van der Waals surface area contributed by atoms with Crippen molar-refractivity contribution in [3.63, 3.8) is 0 Å². The highest BCUT2D eigenvalue weighted by atomic mass is 15.0. The van der Waals surface area contributed by atoms with Gasteiger partial charge in [0.2, 0.25) is 0 Å². The van der Waals surface area contributed by atoms with E-state index in [2.05, 4.69) is 36.5 Å². The van der Waals surface area contributed by atoms with E-state index in [1.807, 2.05) is 0 Å². The molecule has 1 aliphatic heterocycles. The Morgan fingerprint density at radius 3 is 2.79 bits per heavy atom. The monoisotopic (exact) mass is 190 g/mol. The largest absolute Gasteiger partial charge is 0.328 e. The van der Waals surface area contributed by atoms with E-state index in [1.165, 1.54) is 17.5 Å². The standard InChI is InChI=1S/C12H18N2/c1-10-5-2-3-6-11(10)12(9-13)7-4-8-14-12/h2-3,5-6,14H,4,7-9,13H2,1H3. The lowest BCUT2D eigenvalue weighted by Crippen LogP contribution is -2.44. The zero-order chi connectivity index (χ0) is 10.0. The van der Waals surface area contributed by atoms with Gasteiger partial charge < -0.3 is 11.1 Å². The van der Waals surface area contributed by atoms with Crippen LogP contribution in [-0.2, 0) is 5.54 Å². The lowest BCUT2D eigenvalue weighted by Gasteiger charge is -2.30. The molecule has 0 spiro atoms. The van der Waals surface area contributed by atoms with Crippen LogP contribution in [0.15, 0.2) is 24.3 Å². The van der Waals surface area contributed by atoms with Crippen molar-refractivity contribution >= 4 is 0 Å². The molecule has 0 bridgehead atoms. The Hall–Kier alpha value is -0.860. The molecule has 0 saturated carbocycles. The molecule has 2 rings (SSSR count). The number of hydrogen-bond donors (Lipinski definition) is 2. The first kappa shape index (κ1) is 9.69. The highest BCUT2D eigenvalue weighted by Gasteiger charge is 2.34. The molecular weight excluding hydrogens is 172 g/mol. The van der Waals surface area contributed by atoms with Gasteiger partial charge in [0.25, 0.3) is 0 Å². The molecule has 1 heterocycles. The molecule has 2 nitrogen and oxygen atoms in total. The summed E-state index contributed by atoms with van der Waals surface area (Å²) in [5.41, 5.74) is 8.67. The second-order valence-electron chi connectivity index (χ2n) is 4.13. The molecule has 76 valence electrons. The Morgan fingerprint density at radius 2 is 2.21 bits per heavy atom. The smallest absolute Gasteiger partial charge is 0.0561 e. The number of nitrogens with two attached hydrogens (primary N) is 1. The predicted molar refractivity (Wildman–Crippen MR) is 59.1 cm³/mol. The van der Waals surface area contributed by atoms with Gasteiger partial charge in [-0.25, -0.2) is 0 Å². The van der Waals surface area contributed by atoms with E-state index >= 15 is 0 Å². The fraction of sp³-hybridized carbons (Fsp3) is 0.500. The Bertz CT molecular complexity index is 314. The zero-order valence-electron chi connectivity index (χ0n) is 8.72. The lowest BCUT2D eigenvalue weighted by molar-refractivity contribution is 0.400. The van der Waals surface area contributed by atoms with E-state index in [-0.39, 0.29) is 5.54 Å². The Morgan fingerprint density at radius 1 is 1.43 bits per heavy atom. The van der Waals surface area contributed by atoms with Crippen molar-refractivity contribution in [2.45, 2.75) is 25.3 Å². The molecule has 1 fully saturated rings. The molecule has 2 heteroatoms. The van der Waals surface area contributed by atoms with Gasteiger partial charge in [0.05, 0.1) is 5.54 Å². The van der Waals surface area contributed by atoms with Crippen LogP contribution in [-0.4, -0.2) is 13.1 Å². The first-order chi connectivity index (χ1) is 6.78. The third kappa shape index (κ3) is 1.45. The molecule has 1 aliphatic rings. The Balaban J connectivity index is 2.41. The number of benzene rings is 1. The zero-order valence-corrected chi connectivity index (χ0v) is 8.72. The molecule has 1 atom stereocenters. The molecule has 1 saturated heterocycles. The topological polar surface area (TPSA) is 38.0 Å². The molecule has 14 heavy (non-hydrogen) atoms. The second-order valence-corrected chi connectivity index (χ2v) is 4.13. The normalized spacial score (nSPS) is 26.7. The second kappa shape index (κ2) is 3.71. The molecule has 1 aromatic carbocycles. The summed E-state index contributed by atoms with van der Waals surface area (Å²) in [7, 11) is 0. The highest BCUT2D eigenvalue weighted by molar-refractivity contribution is 5.34. The van der Waals surface area contributed by atoms with Crippen LogP contribution in [0.2, 0.25) is 0 Å². The average Bonchev–Trinajstić information content (AvgIpc) is 2.68. The van der Waals surface area contributed by atoms with Crippen LogP contribution in [0.3, 0.4) is 0 Å². The minimum Gasteiger partial charge on any atom is -0.328 e. The first-order valence-corrected chi connectivity index (χ1v) is 5.30. The van der Waals surface area contributed by atoms with Crippen LogP contribution in [0.5, 0.6) is 0 Å². The van der Waals surface area contributed by atoms with Gasteiger partial charge in [0, 0.05) is 6.54 Å². The van der Waals surface area contributed by atoms with Crippen LogP contribution < -0.4 is 11.1 Å². The van der Waals surface area contributed by atoms with Gasteiger partial charge in [-0.1, -0.05) is 24.3 Å². The highest BCUT2D eigenvalue weighted by Crippen LogP contribution is 2.31. The third-order valence-electron chi connectivity index (χ3n) is 3.25. The number of hydrogen-bond acceptors (Lipinski definition) is 2. The van der Waals surface area contributed by atoms with E-state index in [4.69, 9.17) is 5.73 Å². The van der Waals surface area contributed by atoms with Gasteiger partial charge in [-0.15, -0.1) is 0 Å². The van der Waals surface area contributed by atoms with Crippen molar-refractivity contribution in [2.75, 3.05) is 13.1 Å². The van der Waals surface area contributed by atoms with Gasteiger partial charge in [0.15, 0.2) is 0 Å². The van der Waals surface area contributed by atoms with Crippen molar-refractivity contribution in [3.8, 4) is 0 Å². The summed E-state index contributed by atoms with van der Waals surface area (Å²) in [6.45, 7) is 3.94.